The largest absolute Gasteiger partial charge is 0.313 e. The third-order valence-corrected chi connectivity index (χ3v) is 3.26. The minimum atomic E-state index is 0.306. The number of rotatable bonds is 0. The van der Waals surface area contributed by atoms with Gasteiger partial charge < -0.3 is 5.32 Å². The van der Waals surface area contributed by atoms with Crippen LogP contribution in [-0.2, 0) is 0 Å². The van der Waals surface area contributed by atoms with Gasteiger partial charge in [-0.1, -0.05) is 52.7 Å². The summed E-state index contributed by atoms with van der Waals surface area (Å²) in [5, 5.41) is 3.55. The van der Waals surface area contributed by atoms with Crippen LogP contribution in [-0.4, -0.2) is 13.1 Å². The van der Waals surface area contributed by atoms with Gasteiger partial charge in [-0.05, 0) is 30.2 Å². The third-order valence-electron chi connectivity index (χ3n) is 3.26. The zero-order valence-electron chi connectivity index (χ0n) is 11.3. The molecule has 0 aliphatic carbocycles. The monoisotopic (exact) mass is 209 g/mol. The van der Waals surface area contributed by atoms with E-state index in [0.717, 1.165) is 6.54 Å². The van der Waals surface area contributed by atoms with Gasteiger partial charge in [-0.3, -0.25) is 0 Å². The van der Waals surface area contributed by atoms with Crippen LogP contribution in [0.2, 0.25) is 0 Å². The first-order valence-electron chi connectivity index (χ1n) is 6.16. The van der Waals surface area contributed by atoms with Crippen LogP contribution in [0.1, 0.15) is 54.4 Å². The van der Waals surface area contributed by atoms with Crippen LogP contribution in [0, 0.1) is 10.8 Å². The highest BCUT2D eigenvalue weighted by Gasteiger charge is 2.28. The molecule has 0 saturated carbocycles. The number of allylic oxidation sites excluding steroid dienone is 1. The Labute approximate surface area is 95.3 Å². The van der Waals surface area contributed by atoms with Gasteiger partial charge in [0.2, 0.25) is 0 Å². The molecule has 1 aliphatic heterocycles. The molecule has 0 unspecified atom stereocenters. The lowest BCUT2D eigenvalue weighted by molar-refractivity contribution is 0.428. The Balaban J connectivity index is 3.13. The second-order valence-corrected chi connectivity index (χ2v) is 6.74. The van der Waals surface area contributed by atoms with E-state index in [1.165, 1.54) is 19.4 Å². The van der Waals surface area contributed by atoms with Gasteiger partial charge in [-0.25, -0.2) is 0 Å². The second kappa shape index (κ2) is 4.29. The molecule has 88 valence electrons. The molecule has 0 radical (unpaired) electrons. The number of hydrogen-bond donors (Lipinski definition) is 1. The Morgan fingerprint density at radius 1 is 0.867 bits per heavy atom. The predicted octanol–water partition coefficient (Wildman–Crippen LogP) is 3.76. The fraction of sp³-hybridized carbons (Fsp3) is 0.857. The van der Waals surface area contributed by atoms with E-state index in [4.69, 9.17) is 0 Å². The van der Waals surface area contributed by atoms with Crippen molar-refractivity contribution in [2.75, 3.05) is 13.1 Å². The summed E-state index contributed by atoms with van der Waals surface area (Å²) in [7, 11) is 0. The summed E-state index contributed by atoms with van der Waals surface area (Å²) in [6, 6.07) is 0. The predicted molar refractivity (Wildman–Crippen MR) is 68.0 cm³/mol. The minimum absolute atomic E-state index is 0.306. The van der Waals surface area contributed by atoms with Crippen LogP contribution in [0.4, 0.5) is 0 Å². The first-order chi connectivity index (χ1) is 6.73. The van der Waals surface area contributed by atoms with Gasteiger partial charge in [0, 0.05) is 6.54 Å². The van der Waals surface area contributed by atoms with Crippen molar-refractivity contribution in [2.45, 2.75) is 54.4 Å². The van der Waals surface area contributed by atoms with E-state index < -0.39 is 0 Å². The standard InChI is InChI=1S/C14H27N/c1-13(2,3)11-8-7-9-15-10-12(11)14(4,5)6/h15H,7-10H2,1-6H3. The Morgan fingerprint density at radius 3 is 1.87 bits per heavy atom. The summed E-state index contributed by atoms with van der Waals surface area (Å²) in [5.74, 6) is 0. The first-order valence-corrected chi connectivity index (χ1v) is 6.16. The molecular formula is C14H27N. The Bertz CT molecular complexity index is 221. The molecule has 1 aliphatic rings. The van der Waals surface area contributed by atoms with Gasteiger partial charge in [-0.15, -0.1) is 0 Å². The fourth-order valence-corrected chi connectivity index (χ4v) is 2.41. The minimum Gasteiger partial charge on any atom is -0.313 e. The zero-order valence-corrected chi connectivity index (χ0v) is 11.3. The van der Waals surface area contributed by atoms with Crippen molar-refractivity contribution < 1.29 is 0 Å². The molecule has 1 nitrogen and oxygen atoms in total. The van der Waals surface area contributed by atoms with E-state index in [1.54, 1.807) is 11.1 Å². The quantitative estimate of drug-likeness (QED) is 0.599. The summed E-state index contributed by atoms with van der Waals surface area (Å²) >= 11 is 0. The van der Waals surface area contributed by atoms with Gasteiger partial charge in [0.25, 0.3) is 0 Å². The molecule has 0 spiro atoms. The van der Waals surface area contributed by atoms with Gasteiger partial charge in [0.15, 0.2) is 0 Å². The van der Waals surface area contributed by atoms with Gasteiger partial charge in [-0.2, -0.15) is 0 Å². The van der Waals surface area contributed by atoms with E-state index in [1.807, 2.05) is 0 Å². The molecular weight excluding hydrogens is 182 g/mol. The summed E-state index contributed by atoms with van der Waals surface area (Å²) in [6.45, 7) is 16.3. The maximum absolute atomic E-state index is 3.55. The van der Waals surface area contributed by atoms with E-state index in [-0.39, 0.29) is 0 Å². The number of hydrogen-bond acceptors (Lipinski definition) is 1. The summed E-state index contributed by atoms with van der Waals surface area (Å²) in [6.07, 6.45) is 2.55. The van der Waals surface area contributed by atoms with Crippen LogP contribution in [0.25, 0.3) is 0 Å². The molecule has 1 heteroatoms. The second-order valence-electron chi connectivity index (χ2n) is 6.74. The Hall–Kier alpha value is -0.300. The average molecular weight is 209 g/mol. The van der Waals surface area contributed by atoms with Crippen molar-refractivity contribution in [1.82, 2.24) is 5.32 Å². The fourth-order valence-electron chi connectivity index (χ4n) is 2.41. The van der Waals surface area contributed by atoms with Crippen molar-refractivity contribution in [3.05, 3.63) is 11.1 Å². The first kappa shape index (κ1) is 12.8. The summed E-state index contributed by atoms with van der Waals surface area (Å²) in [4.78, 5) is 0. The van der Waals surface area contributed by atoms with Gasteiger partial charge in [0.1, 0.15) is 0 Å². The molecule has 0 aromatic heterocycles. The maximum Gasteiger partial charge on any atom is 0.0172 e. The molecule has 0 amide bonds. The van der Waals surface area contributed by atoms with Crippen molar-refractivity contribution in [3.63, 3.8) is 0 Å². The van der Waals surface area contributed by atoms with Gasteiger partial charge in [0.05, 0.1) is 0 Å². The molecule has 1 N–H and O–H groups in total. The molecule has 0 aromatic carbocycles. The van der Waals surface area contributed by atoms with Gasteiger partial charge >= 0.3 is 0 Å². The van der Waals surface area contributed by atoms with Crippen molar-refractivity contribution in [2.24, 2.45) is 10.8 Å². The molecule has 0 fully saturated rings. The molecule has 0 atom stereocenters. The van der Waals surface area contributed by atoms with E-state index in [9.17, 15) is 0 Å². The summed E-state index contributed by atoms with van der Waals surface area (Å²) < 4.78 is 0. The molecule has 0 aromatic rings. The Kier molecular flexibility index (Phi) is 3.65. The smallest absolute Gasteiger partial charge is 0.0172 e. The van der Waals surface area contributed by atoms with Crippen LogP contribution in [0.5, 0.6) is 0 Å². The van der Waals surface area contributed by atoms with E-state index in [0.29, 0.717) is 10.8 Å². The highest BCUT2D eigenvalue weighted by atomic mass is 14.9. The molecule has 15 heavy (non-hydrogen) atoms. The normalized spacial score (nSPS) is 20.4. The van der Waals surface area contributed by atoms with Crippen molar-refractivity contribution in [3.8, 4) is 0 Å². The third kappa shape index (κ3) is 3.34. The topological polar surface area (TPSA) is 12.0 Å². The maximum atomic E-state index is 3.55. The highest BCUT2D eigenvalue weighted by molar-refractivity contribution is 5.27. The summed E-state index contributed by atoms with van der Waals surface area (Å²) in [5.41, 5.74) is 3.95. The van der Waals surface area contributed by atoms with Crippen LogP contribution >= 0.6 is 0 Å². The molecule has 1 rings (SSSR count). The lowest BCUT2D eigenvalue weighted by Crippen LogP contribution is -2.25. The SMILES string of the molecule is CC(C)(C)C1=C(C(C)(C)C)CNCCC1. The average Bonchev–Trinajstić information content (AvgIpc) is 2.24. The van der Waals surface area contributed by atoms with Crippen LogP contribution in [0.3, 0.4) is 0 Å². The van der Waals surface area contributed by atoms with Crippen molar-refractivity contribution in [1.29, 1.82) is 0 Å². The number of nitrogens with one attached hydrogen (secondary N) is 1. The molecule has 0 saturated heterocycles. The zero-order chi connectivity index (χ0) is 11.7. The van der Waals surface area contributed by atoms with Crippen molar-refractivity contribution >= 4 is 0 Å². The lowest BCUT2D eigenvalue weighted by Gasteiger charge is -2.32. The molecule has 1 heterocycles. The van der Waals surface area contributed by atoms with Crippen LogP contribution < -0.4 is 5.32 Å². The lowest BCUT2D eigenvalue weighted by atomic mass is 9.74. The Morgan fingerprint density at radius 2 is 1.40 bits per heavy atom. The highest BCUT2D eigenvalue weighted by Crippen LogP contribution is 2.39. The molecule has 0 bridgehead atoms. The van der Waals surface area contributed by atoms with E-state index in [2.05, 4.69) is 46.9 Å². The van der Waals surface area contributed by atoms with Crippen LogP contribution in [0.15, 0.2) is 11.1 Å². The van der Waals surface area contributed by atoms with E-state index >= 15 is 0 Å².